The van der Waals surface area contributed by atoms with Gasteiger partial charge in [-0.3, -0.25) is 9.36 Å². The zero-order valence-corrected chi connectivity index (χ0v) is 16.4. The largest absolute Gasteiger partial charge is 0.279 e. The summed E-state index contributed by atoms with van der Waals surface area (Å²) in [4.78, 5) is 18.7. The molecule has 5 heteroatoms. The Morgan fingerprint density at radius 3 is 2.54 bits per heavy atom. The standard InChI is InChI=1S/C21H20N2OS2/c1-14-8-10-17(11-9-14)26-18-13-25-21-22-15(2)12-19(24)23(21)20(18)16-6-4-3-5-7-16/h3-12,18,20H,13H2,1-2H3/t18-,20+/m1/s1. The summed E-state index contributed by atoms with van der Waals surface area (Å²) in [5, 5.41) is 1.09. The van der Waals surface area contributed by atoms with Crippen molar-refractivity contribution in [1.29, 1.82) is 0 Å². The van der Waals surface area contributed by atoms with Crippen molar-refractivity contribution in [2.75, 3.05) is 5.75 Å². The molecule has 1 aliphatic heterocycles. The molecule has 132 valence electrons. The van der Waals surface area contributed by atoms with Crippen LogP contribution in [0.2, 0.25) is 0 Å². The first-order valence-corrected chi connectivity index (χ1v) is 10.5. The number of nitrogens with zero attached hydrogens (tertiary/aromatic N) is 2. The van der Waals surface area contributed by atoms with Gasteiger partial charge in [-0.15, -0.1) is 11.8 Å². The average molecular weight is 381 g/mol. The van der Waals surface area contributed by atoms with Gasteiger partial charge < -0.3 is 0 Å². The van der Waals surface area contributed by atoms with Crippen LogP contribution in [0, 0.1) is 13.8 Å². The second-order valence-electron chi connectivity index (χ2n) is 6.52. The van der Waals surface area contributed by atoms with E-state index in [0.717, 1.165) is 22.2 Å². The van der Waals surface area contributed by atoms with E-state index in [9.17, 15) is 4.79 Å². The van der Waals surface area contributed by atoms with Gasteiger partial charge in [0.25, 0.3) is 5.56 Å². The molecule has 0 bridgehead atoms. The van der Waals surface area contributed by atoms with Crippen LogP contribution in [0.25, 0.3) is 0 Å². The molecule has 3 nitrogen and oxygen atoms in total. The summed E-state index contributed by atoms with van der Waals surface area (Å²) in [5.41, 5.74) is 3.23. The highest BCUT2D eigenvalue weighted by atomic mass is 32.2. The van der Waals surface area contributed by atoms with Gasteiger partial charge >= 0.3 is 0 Å². The highest BCUT2D eigenvalue weighted by Gasteiger charge is 2.33. The third kappa shape index (κ3) is 3.46. The first-order valence-electron chi connectivity index (χ1n) is 8.63. The van der Waals surface area contributed by atoms with E-state index in [1.807, 2.05) is 41.5 Å². The molecule has 0 amide bonds. The van der Waals surface area contributed by atoms with E-state index in [2.05, 4.69) is 48.3 Å². The van der Waals surface area contributed by atoms with Crippen LogP contribution in [0.15, 0.2) is 75.5 Å². The Bertz CT molecular complexity index is 968. The maximum Gasteiger partial charge on any atom is 0.254 e. The summed E-state index contributed by atoms with van der Waals surface area (Å²) < 4.78 is 1.88. The maximum absolute atomic E-state index is 12.8. The van der Waals surface area contributed by atoms with E-state index < -0.39 is 0 Å². The molecule has 0 saturated heterocycles. The smallest absolute Gasteiger partial charge is 0.254 e. The van der Waals surface area contributed by atoms with Crippen LogP contribution in [0.1, 0.15) is 22.9 Å². The quantitative estimate of drug-likeness (QED) is 0.616. The van der Waals surface area contributed by atoms with Gasteiger partial charge in [0.1, 0.15) is 0 Å². The normalized spacial score (nSPS) is 19.2. The minimum Gasteiger partial charge on any atom is -0.279 e. The zero-order chi connectivity index (χ0) is 18.1. The maximum atomic E-state index is 12.8. The minimum atomic E-state index is -0.0145. The van der Waals surface area contributed by atoms with E-state index in [1.54, 1.807) is 17.8 Å². The van der Waals surface area contributed by atoms with Crippen molar-refractivity contribution in [3.8, 4) is 0 Å². The summed E-state index contributed by atoms with van der Waals surface area (Å²) in [6.07, 6.45) is 0. The van der Waals surface area contributed by atoms with Crippen molar-refractivity contribution >= 4 is 23.5 Å². The Morgan fingerprint density at radius 2 is 1.81 bits per heavy atom. The number of benzene rings is 2. The number of rotatable bonds is 3. The van der Waals surface area contributed by atoms with Gasteiger partial charge in [-0.05, 0) is 31.5 Å². The van der Waals surface area contributed by atoms with Gasteiger partial charge in [0.15, 0.2) is 5.16 Å². The first-order chi connectivity index (χ1) is 12.6. The van der Waals surface area contributed by atoms with Gasteiger partial charge in [0, 0.05) is 27.7 Å². The molecule has 0 saturated carbocycles. The number of hydrogen-bond donors (Lipinski definition) is 0. The fraction of sp³-hybridized carbons (Fsp3) is 0.238. The highest BCUT2D eigenvalue weighted by molar-refractivity contribution is 8.03. The number of aryl methyl sites for hydroxylation is 2. The molecule has 0 aliphatic carbocycles. The summed E-state index contributed by atoms with van der Waals surface area (Å²) in [5.74, 6) is 0.925. The molecule has 4 rings (SSSR count). The molecule has 0 radical (unpaired) electrons. The molecule has 0 spiro atoms. The molecule has 2 atom stereocenters. The SMILES string of the molecule is Cc1ccc(S[C@@H]2CSc3nc(C)cc(=O)n3[C@H]2c2ccccc2)cc1. The van der Waals surface area contributed by atoms with Crippen LogP contribution in [-0.4, -0.2) is 20.6 Å². The third-order valence-electron chi connectivity index (χ3n) is 4.50. The number of thioether (sulfide) groups is 2. The minimum absolute atomic E-state index is 0.0145. The molecule has 1 aliphatic rings. The first kappa shape index (κ1) is 17.4. The number of aromatic nitrogens is 2. The zero-order valence-electron chi connectivity index (χ0n) is 14.8. The van der Waals surface area contributed by atoms with E-state index in [-0.39, 0.29) is 16.9 Å². The predicted octanol–water partition coefficient (Wildman–Crippen LogP) is 4.72. The van der Waals surface area contributed by atoms with Gasteiger partial charge in [0.05, 0.1) is 6.04 Å². The van der Waals surface area contributed by atoms with E-state index in [0.29, 0.717) is 0 Å². The lowest BCUT2D eigenvalue weighted by atomic mass is 10.0. The van der Waals surface area contributed by atoms with Crippen molar-refractivity contribution in [1.82, 2.24) is 9.55 Å². The van der Waals surface area contributed by atoms with Crippen LogP contribution < -0.4 is 5.56 Å². The predicted molar refractivity (Wildman–Crippen MR) is 109 cm³/mol. The highest BCUT2D eigenvalue weighted by Crippen LogP contribution is 2.42. The van der Waals surface area contributed by atoms with Gasteiger partial charge in [-0.25, -0.2) is 4.98 Å². The molecular formula is C21H20N2OS2. The second kappa shape index (κ2) is 7.33. The van der Waals surface area contributed by atoms with Gasteiger partial charge in [0.2, 0.25) is 0 Å². The molecule has 3 aromatic rings. The lowest BCUT2D eigenvalue weighted by molar-refractivity contribution is 0.488. The average Bonchev–Trinajstić information content (AvgIpc) is 2.64. The molecular weight excluding hydrogens is 360 g/mol. The van der Waals surface area contributed by atoms with E-state index in [4.69, 9.17) is 0 Å². The molecule has 1 aromatic heterocycles. The molecule has 0 unspecified atom stereocenters. The Hall–Kier alpha value is -1.98. The molecule has 0 N–H and O–H groups in total. The fourth-order valence-corrected chi connectivity index (χ4v) is 5.83. The van der Waals surface area contributed by atoms with Gasteiger partial charge in [-0.2, -0.15) is 0 Å². The molecule has 2 heterocycles. The van der Waals surface area contributed by atoms with Crippen LogP contribution in [0.3, 0.4) is 0 Å². The monoisotopic (exact) mass is 380 g/mol. The second-order valence-corrected chi connectivity index (χ2v) is 8.82. The summed E-state index contributed by atoms with van der Waals surface area (Å²) in [7, 11) is 0. The van der Waals surface area contributed by atoms with Crippen molar-refractivity contribution in [3.05, 3.63) is 87.8 Å². The Morgan fingerprint density at radius 1 is 1.08 bits per heavy atom. The lowest BCUT2D eigenvalue weighted by Crippen LogP contribution is -2.38. The van der Waals surface area contributed by atoms with Crippen LogP contribution in [-0.2, 0) is 0 Å². The Kier molecular flexibility index (Phi) is 4.92. The van der Waals surface area contributed by atoms with Crippen molar-refractivity contribution in [2.45, 2.75) is 35.2 Å². The van der Waals surface area contributed by atoms with Crippen molar-refractivity contribution in [3.63, 3.8) is 0 Å². The molecule has 0 fully saturated rings. The Labute approximate surface area is 161 Å². The summed E-state index contributed by atoms with van der Waals surface area (Å²) in [6, 6.07) is 20.5. The van der Waals surface area contributed by atoms with Crippen LogP contribution in [0.4, 0.5) is 0 Å². The van der Waals surface area contributed by atoms with E-state index >= 15 is 0 Å². The molecule has 26 heavy (non-hydrogen) atoms. The summed E-state index contributed by atoms with van der Waals surface area (Å²) >= 11 is 3.52. The van der Waals surface area contributed by atoms with Crippen LogP contribution in [0.5, 0.6) is 0 Å². The fourth-order valence-electron chi connectivity index (χ4n) is 3.26. The van der Waals surface area contributed by atoms with E-state index in [1.165, 1.54) is 10.5 Å². The number of fused-ring (bicyclic) bond motifs is 1. The van der Waals surface area contributed by atoms with Gasteiger partial charge in [-0.1, -0.05) is 59.8 Å². The topological polar surface area (TPSA) is 34.9 Å². The van der Waals surface area contributed by atoms with Crippen molar-refractivity contribution in [2.24, 2.45) is 0 Å². The lowest BCUT2D eigenvalue weighted by Gasteiger charge is -2.34. The number of hydrogen-bond acceptors (Lipinski definition) is 4. The Balaban J connectivity index is 1.78. The van der Waals surface area contributed by atoms with Crippen LogP contribution >= 0.6 is 23.5 Å². The van der Waals surface area contributed by atoms with Crippen molar-refractivity contribution < 1.29 is 0 Å². The molecule has 2 aromatic carbocycles. The third-order valence-corrected chi connectivity index (χ3v) is 7.06. The summed E-state index contributed by atoms with van der Waals surface area (Å²) in [6.45, 7) is 3.98.